The zero-order valence-electron chi connectivity index (χ0n) is 14.6. The molecule has 1 unspecified atom stereocenters. The van der Waals surface area contributed by atoms with Crippen LogP contribution in [-0.2, 0) is 16.2 Å². The molecule has 140 valence electrons. The average molecular weight is 414 g/mol. The number of hydrogen-bond donors (Lipinski definition) is 2. The molecule has 2 aromatic rings. The number of nitrogens with zero attached hydrogens (tertiary/aromatic N) is 2. The molecule has 2 atom stereocenters. The van der Waals surface area contributed by atoms with Gasteiger partial charge < -0.3 is 19.7 Å². The second-order valence-electron chi connectivity index (χ2n) is 5.74. The quantitative estimate of drug-likeness (QED) is 0.550. The van der Waals surface area contributed by atoms with Gasteiger partial charge in [0.25, 0.3) is 0 Å². The molecule has 0 aliphatic carbocycles. The van der Waals surface area contributed by atoms with Crippen molar-refractivity contribution in [3.05, 3.63) is 28.2 Å². The van der Waals surface area contributed by atoms with Crippen molar-refractivity contribution in [2.24, 2.45) is 0 Å². The second kappa shape index (κ2) is 8.85. The van der Waals surface area contributed by atoms with E-state index in [9.17, 15) is 4.79 Å². The Morgan fingerprint density at radius 1 is 1.46 bits per heavy atom. The molecule has 1 saturated heterocycles. The normalized spacial score (nSPS) is 19.8. The average Bonchev–Trinajstić information content (AvgIpc) is 3.00. The van der Waals surface area contributed by atoms with Gasteiger partial charge in [0.2, 0.25) is 5.13 Å². The summed E-state index contributed by atoms with van der Waals surface area (Å²) >= 11 is 8.53. The maximum Gasteiger partial charge on any atom is 0.324 e. The standard InChI is InChI=1S/C16H20N4O3S3/c1-22-12-6-4-3-5-11(12)17-15-18-20(16(24)26-15)10-19-7-8-25-13(9-19)14(21)23-2/h3-6,13H,7-10H2,1-2H3,(H,17,18)/p+1/t13-/m0/s1. The molecule has 0 radical (unpaired) electrons. The number of ether oxygens (including phenoxy) is 2. The number of benzene rings is 1. The number of anilines is 2. The van der Waals surface area contributed by atoms with Gasteiger partial charge in [0, 0.05) is 5.75 Å². The van der Waals surface area contributed by atoms with Gasteiger partial charge in [0.1, 0.15) is 12.3 Å². The van der Waals surface area contributed by atoms with Gasteiger partial charge in [-0.2, -0.15) is 4.68 Å². The van der Waals surface area contributed by atoms with Crippen LogP contribution in [0.25, 0.3) is 0 Å². The minimum absolute atomic E-state index is 0.122. The third-order valence-corrected chi connectivity index (χ3v) is 6.47. The minimum atomic E-state index is -0.160. The summed E-state index contributed by atoms with van der Waals surface area (Å²) in [6.45, 7) is 2.32. The summed E-state index contributed by atoms with van der Waals surface area (Å²) in [7, 11) is 3.07. The lowest BCUT2D eigenvalue weighted by Crippen LogP contribution is -3.14. The highest BCUT2D eigenvalue weighted by molar-refractivity contribution is 8.00. The minimum Gasteiger partial charge on any atom is -0.495 e. The fourth-order valence-corrected chi connectivity index (χ4v) is 5.02. The lowest BCUT2D eigenvalue weighted by atomic mass is 10.3. The number of nitrogens with one attached hydrogen (secondary N) is 2. The van der Waals surface area contributed by atoms with Crippen LogP contribution in [0.5, 0.6) is 5.75 Å². The number of esters is 1. The van der Waals surface area contributed by atoms with Crippen molar-refractivity contribution in [3.63, 3.8) is 0 Å². The van der Waals surface area contributed by atoms with Crippen LogP contribution in [0.4, 0.5) is 10.8 Å². The van der Waals surface area contributed by atoms with Crippen LogP contribution >= 0.6 is 35.3 Å². The number of carbonyl (C=O) groups excluding carboxylic acids is 1. The molecule has 0 saturated carbocycles. The molecule has 0 spiro atoms. The fraction of sp³-hybridized carbons (Fsp3) is 0.438. The number of hydrogen-bond acceptors (Lipinski definition) is 8. The largest absolute Gasteiger partial charge is 0.495 e. The van der Waals surface area contributed by atoms with Gasteiger partial charge in [-0.15, -0.1) is 16.9 Å². The molecule has 1 aromatic heterocycles. The van der Waals surface area contributed by atoms with E-state index in [1.54, 1.807) is 18.9 Å². The van der Waals surface area contributed by atoms with E-state index >= 15 is 0 Å². The van der Waals surface area contributed by atoms with Crippen molar-refractivity contribution in [2.45, 2.75) is 11.9 Å². The first kappa shape index (κ1) is 19.2. The molecule has 3 rings (SSSR count). The molecule has 0 bridgehead atoms. The Bertz CT molecular complexity index is 823. The third kappa shape index (κ3) is 4.56. The molecule has 2 N–H and O–H groups in total. The van der Waals surface area contributed by atoms with Crippen LogP contribution in [0, 0.1) is 3.95 Å². The monoisotopic (exact) mass is 413 g/mol. The van der Waals surface area contributed by atoms with Crippen molar-refractivity contribution in [3.8, 4) is 5.75 Å². The van der Waals surface area contributed by atoms with E-state index in [-0.39, 0.29) is 11.2 Å². The number of methoxy groups -OCH3 is 2. The Kier molecular flexibility index (Phi) is 6.52. The van der Waals surface area contributed by atoms with Crippen LogP contribution in [-0.4, -0.2) is 54.1 Å². The fourth-order valence-electron chi connectivity index (χ4n) is 2.73. The smallest absolute Gasteiger partial charge is 0.324 e. The summed E-state index contributed by atoms with van der Waals surface area (Å²) in [5, 5.41) is 8.45. The van der Waals surface area contributed by atoms with Gasteiger partial charge in [0.15, 0.2) is 15.9 Å². The lowest BCUT2D eigenvalue weighted by Gasteiger charge is -2.27. The van der Waals surface area contributed by atoms with E-state index in [0.29, 0.717) is 17.2 Å². The van der Waals surface area contributed by atoms with E-state index in [1.807, 2.05) is 28.9 Å². The van der Waals surface area contributed by atoms with Gasteiger partial charge in [-0.1, -0.05) is 23.5 Å². The third-order valence-electron chi connectivity index (χ3n) is 4.04. The van der Waals surface area contributed by atoms with Crippen molar-refractivity contribution in [2.75, 3.05) is 38.4 Å². The van der Waals surface area contributed by atoms with Crippen LogP contribution in [0.15, 0.2) is 24.3 Å². The lowest BCUT2D eigenvalue weighted by molar-refractivity contribution is -0.921. The first-order valence-electron chi connectivity index (χ1n) is 8.11. The molecule has 1 aliphatic rings. The van der Waals surface area contributed by atoms with Crippen molar-refractivity contribution >= 4 is 52.1 Å². The highest BCUT2D eigenvalue weighted by Crippen LogP contribution is 2.28. The van der Waals surface area contributed by atoms with Crippen LogP contribution in [0.2, 0.25) is 0 Å². The zero-order chi connectivity index (χ0) is 18.5. The number of carbonyl (C=O) groups is 1. The van der Waals surface area contributed by atoms with Gasteiger partial charge in [-0.05, 0) is 24.4 Å². The van der Waals surface area contributed by atoms with Crippen LogP contribution in [0.1, 0.15) is 0 Å². The SMILES string of the molecule is COC(=O)[C@@H]1C[NH+](Cn2nc(Nc3ccccc3OC)sc2=S)CCS1. The Hall–Kier alpha value is -1.62. The predicted molar refractivity (Wildman–Crippen MR) is 106 cm³/mol. The van der Waals surface area contributed by atoms with Gasteiger partial charge >= 0.3 is 5.97 Å². The number of quaternary nitrogens is 1. The molecular weight excluding hydrogens is 392 g/mol. The Balaban J connectivity index is 1.68. The molecule has 1 aliphatic heterocycles. The zero-order valence-corrected chi connectivity index (χ0v) is 17.0. The molecule has 1 fully saturated rings. The summed E-state index contributed by atoms with van der Waals surface area (Å²) < 4.78 is 12.7. The Labute approximate surface area is 165 Å². The van der Waals surface area contributed by atoms with E-state index < -0.39 is 0 Å². The first-order valence-corrected chi connectivity index (χ1v) is 10.4. The highest BCUT2D eigenvalue weighted by Gasteiger charge is 2.30. The molecule has 10 heteroatoms. The summed E-state index contributed by atoms with van der Waals surface area (Å²) in [5.41, 5.74) is 0.846. The van der Waals surface area contributed by atoms with Crippen molar-refractivity contribution in [1.29, 1.82) is 0 Å². The number of para-hydroxylation sites is 2. The summed E-state index contributed by atoms with van der Waals surface area (Å²) in [6, 6.07) is 7.67. The molecule has 7 nitrogen and oxygen atoms in total. The molecule has 1 aromatic carbocycles. The van der Waals surface area contributed by atoms with Gasteiger partial charge in [0.05, 0.1) is 26.5 Å². The van der Waals surface area contributed by atoms with Gasteiger partial charge in [-0.3, -0.25) is 4.79 Å². The highest BCUT2D eigenvalue weighted by atomic mass is 32.2. The van der Waals surface area contributed by atoms with Crippen molar-refractivity contribution in [1.82, 2.24) is 9.78 Å². The summed E-state index contributed by atoms with van der Waals surface area (Å²) in [5.74, 6) is 1.51. The predicted octanol–water partition coefficient (Wildman–Crippen LogP) is 1.56. The van der Waals surface area contributed by atoms with E-state index in [1.165, 1.54) is 23.3 Å². The van der Waals surface area contributed by atoms with E-state index in [2.05, 4.69) is 10.4 Å². The second-order valence-corrected chi connectivity index (χ2v) is 8.68. The molecule has 26 heavy (non-hydrogen) atoms. The van der Waals surface area contributed by atoms with Crippen LogP contribution < -0.4 is 15.0 Å². The van der Waals surface area contributed by atoms with E-state index in [4.69, 9.17) is 21.7 Å². The maximum absolute atomic E-state index is 11.8. The van der Waals surface area contributed by atoms with Gasteiger partial charge in [-0.25, -0.2) is 0 Å². The first-order chi connectivity index (χ1) is 12.6. The molecule has 2 heterocycles. The topological polar surface area (TPSA) is 69.8 Å². The van der Waals surface area contributed by atoms with Crippen LogP contribution in [0.3, 0.4) is 0 Å². The summed E-state index contributed by atoms with van der Waals surface area (Å²) in [6.07, 6.45) is 0. The number of rotatable bonds is 6. The maximum atomic E-state index is 11.8. The number of aromatic nitrogens is 2. The Morgan fingerprint density at radius 3 is 3.04 bits per heavy atom. The molecular formula is C16H21N4O3S3+. The van der Waals surface area contributed by atoms with Crippen molar-refractivity contribution < 1.29 is 19.2 Å². The summed E-state index contributed by atoms with van der Waals surface area (Å²) in [4.78, 5) is 13.0. The molecule has 0 amide bonds. The Morgan fingerprint density at radius 2 is 2.27 bits per heavy atom. The number of thioether (sulfide) groups is 1. The van der Waals surface area contributed by atoms with E-state index in [0.717, 1.165) is 28.9 Å².